The highest BCUT2D eigenvalue weighted by Gasteiger charge is 2.38. The molecule has 0 saturated heterocycles. The van der Waals surface area contributed by atoms with Crippen molar-refractivity contribution in [1.82, 2.24) is 10.1 Å². The van der Waals surface area contributed by atoms with Crippen LogP contribution in [0.15, 0.2) is 28.8 Å². The molecule has 27 heavy (non-hydrogen) atoms. The van der Waals surface area contributed by atoms with Gasteiger partial charge in [0.1, 0.15) is 5.75 Å². The van der Waals surface area contributed by atoms with Crippen LogP contribution >= 0.6 is 0 Å². The van der Waals surface area contributed by atoms with E-state index in [0.717, 1.165) is 19.3 Å². The van der Waals surface area contributed by atoms with Crippen LogP contribution in [0.5, 0.6) is 0 Å². The van der Waals surface area contributed by atoms with Crippen LogP contribution in [-0.4, -0.2) is 35.3 Å². The molecule has 6 nitrogen and oxygen atoms in total. The minimum absolute atomic E-state index is 0.165. The van der Waals surface area contributed by atoms with Crippen molar-refractivity contribution in [3.63, 3.8) is 0 Å². The second-order valence-corrected chi connectivity index (χ2v) is 8.77. The Kier molecular flexibility index (Phi) is 5.36. The molecule has 3 rings (SSSR count). The van der Waals surface area contributed by atoms with E-state index in [-0.39, 0.29) is 17.0 Å². The number of benzene rings is 1. The predicted octanol–water partition coefficient (Wildman–Crippen LogP) is 3.69. The van der Waals surface area contributed by atoms with Crippen molar-refractivity contribution in [2.45, 2.75) is 43.5 Å². The number of sulfone groups is 1. The Morgan fingerprint density at radius 1 is 1.11 bits per heavy atom. The van der Waals surface area contributed by atoms with Gasteiger partial charge in [-0.3, -0.25) is 4.79 Å². The molecular weight excluding hydrogens is 385 g/mol. The zero-order chi connectivity index (χ0) is 19.7. The van der Waals surface area contributed by atoms with E-state index in [0.29, 0.717) is 12.8 Å². The number of alkyl halides is 3. The first-order valence-electron chi connectivity index (χ1n) is 8.43. The van der Waals surface area contributed by atoms with Crippen molar-refractivity contribution in [1.29, 1.82) is 0 Å². The van der Waals surface area contributed by atoms with E-state index in [2.05, 4.69) is 14.7 Å². The van der Waals surface area contributed by atoms with Crippen LogP contribution in [0.3, 0.4) is 0 Å². The van der Waals surface area contributed by atoms with E-state index in [1.54, 1.807) is 0 Å². The molecule has 0 spiro atoms. The predicted molar refractivity (Wildman–Crippen MR) is 89.7 cm³/mol. The summed E-state index contributed by atoms with van der Waals surface area (Å²) >= 11 is 0. The summed E-state index contributed by atoms with van der Waals surface area (Å²) < 4.78 is 66.5. The van der Waals surface area contributed by atoms with Crippen molar-refractivity contribution >= 4 is 15.6 Å². The van der Waals surface area contributed by atoms with Crippen LogP contribution < -0.4 is 0 Å². The summed E-state index contributed by atoms with van der Waals surface area (Å²) in [4.78, 5) is 15.6. The average molecular weight is 402 g/mol. The quantitative estimate of drug-likeness (QED) is 0.709. The number of carbonyl (C=O) groups excluding carboxylic acids is 1. The van der Waals surface area contributed by atoms with Gasteiger partial charge in [0.05, 0.1) is 5.25 Å². The Hall–Kier alpha value is -2.23. The number of halogens is 3. The third-order valence-corrected chi connectivity index (χ3v) is 6.68. The summed E-state index contributed by atoms with van der Waals surface area (Å²) in [6.45, 7) is 0. The lowest BCUT2D eigenvalue weighted by atomic mass is 10.0. The lowest BCUT2D eigenvalue weighted by Crippen LogP contribution is -2.29. The average Bonchev–Trinajstić information content (AvgIpc) is 3.13. The number of carbonyl (C=O) groups is 1. The van der Waals surface area contributed by atoms with Gasteiger partial charge < -0.3 is 4.52 Å². The normalized spacial score (nSPS) is 16.4. The largest absolute Gasteiger partial charge is 0.471 e. The highest BCUT2D eigenvalue weighted by molar-refractivity contribution is 7.92. The van der Waals surface area contributed by atoms with Crippen LogP contribution in [-0.2, 0) is 16.0 Å². The van der Waals surface area contributed by atoms with Gasteiger partial charge in [-0.25, -0.2) is 8.42 Å². The monoisotopic (exact) mass is 402 g/mol. The molecule has 0 atom stereocenters. The van der Waals surface area contributed by atoms with E-state index >= 15 is 0 Å². The zero-order valence-corrected chi connectivity index (χ0v) is 15.0. The fraction of sp³-hybridized carbons (Fsp3) is 0.471. The molecule has 10 heteroatoms. The van der Waals surface area contributed by atoms with E-state index in [1.165, 1.54) is 24.3 Å². The Balaban J connectivity index is 1.71. The van der Waals surface area contributed by atoms with Crippen molar-refractivity contribution in [3.05, 3.63) is 35.7 Å². The minimum Gasteiger partial charge on any atom is -0.329 e. The number of aromatic nitrogens is 2. The summed E-state index contributed by atoms with van der Waals surface area (Å²) in [6, 6.07) is 5.40. The molecule has 1 aliphatic carbocycles. The first-order chi connectivity index (χ1) is 12.7. The summed E-state index contributed by atoms with van der Waals surface area (Å²) in [6.07, 6.45) is -0.890. The van der Waals surface area contributed by atoms with Crippen LogP contribution in [0.2, 0.25) is 0 Å². The number of hydrogen-bond acceptors (Lipinski definition) is 6. The van der Waals surface area contributed by atoms with Gasteiger partial charge in [-0.15, -0.1) is 0 Å². The number of Topliss-reactive ketones (excluding diaryl/α,β-unsaturated/α-hetero) is 1. The number of ketones is 1. The van der Waals surface area contributed by atoms with Gasteiger partial charge in [0.2, 0.25) is 5.82 Å². The maximum atomic E-state index is 12.5. The van der Waals surface area contributed by atoms with E-state index < -0.39 is 38.7 Å². The SMILES string of the molecule is O=C(CS(=O)(=O)C1CCCCC1)c1ccc(-c2noc(C(F)(F)F)n2)cc1. The number of hydrogen-bond donors (Lipinski definition) is 0. The maximum absolute atomic E-state index is 12.5. The second kappa shape index (κ2) is 7.41. The molecule has 0 amide bonds. The summed E-state index contributed by atoms with van der Waals surface area (Å²) in [5, 5.41) is 2.78. The summed E-state index contributed by atoms with van der Waals surface area (Å²) in [7, 11) is -3.52. The molecule has 0 radical (unpaired) electrons. The Labute approximate surface area is 153 Å². The standard InChI is InChI=1S/C17H17F3N2O4S/c18-17(19,20)16-21-15(22-26-16)12-8-6-11(7-9-12)14(23)10-27(24,25)13-4-2-1-3-5-13/h6-9,13H,1-5,10H2. The van der Waals surface area contributed by atoms with Gasteiger partial charge in [-0.05, 0) is 12.8 Å². The van der Waals surface area contributed by atoms with Crippen molar-refractivity contribution in [3.8, 4) is 11.4 Å². The smallest absolute Gasteiger partial charge is 0.329 e. The van der Waals surface area contributed by atoms with E-state index in [9.17, 15) is 26.4 Å². The van der Waals surface area contributed by atoms with Gasteiger partial charge in [-0.2, -0.15) is 18.2 Å². The molecule has 1 heterocycles. The molecular formula is C17H17F3N2O4S. The van der Waals surface area contributed by atoms with Gasteiger partial charge in [-0.1, -0.05) is 48.7 Å². The third kappa shape index (κ3) is 4.55. The fourth-order valence-corrected chi connectivity index (χ4v) is 4.89. The van der Waals surface area contributed by atoms with Gasteiger partial charge in [0.15, 0.2) is 15.6 Å². The minimum atomic E-state index is -4.74. The number of nitrogens with zero attached hydrogens (tertiary/aromatic N) is 2. The van der Waals surface area contributed by atoms with Crippen LogP contribution in [0.25, 0.3) is 11.4 Å². The fourth-order valence-electron chi connectivity index (χ4n) is 3.07. The first-order valence-corrected chi connectivity index (χ1v) is 10.1. The number of rotatable bonds is 5. The van der Waals surface area contributed by atoms with Gasteiger partial charge in [0, 0.05) is 11.1 Å². The molecule has 1 aromatic carbocycles. The first kappa shape index (κ1) is 19.5. The molecule has 0 N–H and O–H groups in total. The molecule has 0 aliphatic heterocycles. The van der Waals surface area contributed by atoms with Crippen molar-refractivity contribution < 1.29 is 30.9 Å². The van der Waals surface area contributed by atoms with Gasteiger partial charge in [0.25, 0.3) is 0 Å². The highest BCUT2D eigenvalue weighted by Crippen LogP contribution is 2.29. The molecule has 1 saturated carbocycles. The van der Waals surface area contributed by atoms with Crippen molar-refractivity contribution in [2.75, 3.05) is 5.75 Å². The molecule has 146 valence electrons. The molecule has 2 aromatic rings. The molecule has 1 aromatic heterocycles. The van der Waals surface area contributed by atoms with E-state index in [1.807, 2.05) is 0 Å². The second-order valence-electron chi connectivity index (χ2n) is 6.49. The molecule has 0 bridgehead atoms. The third-order valence-electron chi connectivity index (χ3n) is 4.53. The van der Waals surface area contributed by atoms with Crippen LogP contribution in [0.1, 0.15) is 48.4 Å². The Morgan fingerprint density at radius 3 is 2.30 bits per heavy atom. The van der Waals surface area contributed by atoms with Gasteiger partial charge >= 0.3 is 12.1 Å². The van der Waals surface area contributed by atoms with Crippen molar-refractivity contribution in [2.24, 2.45) is 0 Å². The lowest BCUT2D eigenvalue weighted by molar-refractivity contribution is -0.159. The summed E-state index contributed by atoms with van der Waals surface area (Å²) in [5.41, 5.74) is 0.388. The Bertz CT molecular complexity index is 914. The highest BCUT2D eigenvalue weighted by atomic mass is 32.2. The van der Waals surface area contributed by atoms with Crippen LogP contribution in [0.4, 0.5) is 13.2 Å². The Morgan fingerprint density at radius 2 is 1.74 bits per heavy atom. The molecule has 1 aliphatic rings. The topological polar surface area (TPSA) is 90.1 Å². The summed E-state index contributed by atoms with van der Waals surface area (Å²) in [5.74, 6) is -2.85. The molecule has 0 unspecified atom stereocenters. The maximum Gasteiger partial charge on any atom is 0.471 e. The molecule has 1 fully saturated rings. The van der Waals surface area contributed by atoms with Crippen LogP contribution in [0, 0.1) is 0 Å². The zero-order valence-electron chi connectivity index (χ0n) is 14.2. The van der Waals surface area contributed by atoms with E-state index in [4.69, 9.17) is 0 Å². The lowest BCUT2D eigenvalue weighted by Gasteiger charge is -2.21.